The van der Waals surface area contributed by atoms with Crippen molar-refractivity contribution in [1.82, 2.24) is 5.32 Å². The molecule has 6 heteroatoms. The topological polar surface area (TPSA) is 66.5 Å². The number of anilines is 1. The quantitative estimate of drug-likeness (QED) is 0.754. The highest BCUT2D eigenvalue weighted by molar-refractivity contribution is 7.92. The maximum atomic E-state index is 12.8. The van der Waals surface area contributed by atoms with Crippen LogP contribution in [0.3, 0.4) is 0 Å². The summed E-state index contributed by atoms with van der Waals surface area (Å²) in [7, 11) is -2.13. The summed E-state index contributed by atoms with van der Waals surface area (Å²) in [6.07, 6.45) is 0. The number of aryl methyl sites for hydroxylation is 1. The number of benzene rings is 2. The van der Waals surface area contributed by atoms with E-state index in [1.807, 2.05) is 6.92 Å². The van der Waals surface area contributed by atoms with Crippen molar-refractivity contribution in [2.75, 3.05) is 11.4 Å². The van der Waals surface area contributed by atoms with E-state index in [9.17, 15) is 13.2 Å². The first-order chi connectivity index (χ1) is 13.1. The SMILES string of the molecule is Cc1cc(C(=O)NC(C(C)C)C(C)C)ccc1N(C)S(=O)(=O)c1ccccc1. The van der Waals surface area contributed by atoms with Crippen molar-refractivity contribution >= 4 is 21.6 Å². The number of amides is 1. The Hall–Kier alpha value is -2.34. The van der Waals surface area contributed by atoms with Crippen LogP contribution in [0.15, 0.2) is 53.4 Å². The van der Waals surface area contributed by atoms with E-state index in [0.717, 1.165) is 5.56 Å². The molecule has 2 rings (SSSR count). The molecule has 0 fully saturated rings. The largest absolute Gasteiger partial charge is 0.349 e. The van der Waals surface area contributed by atoms with Gasteiger partial charge in [0.25, 0.3) is 15.9 Å². The van der Waals surface area contributed by atoms with E-state index in [0.29, 0.717) is 23.1 Å². The van der Waals surface area contributed by atoms with E-state index in [4.69, 9.17) is 0 Å². The first-order valence-electron chi connectivity index (χ1n) is 9.51. The minimum Gasteiger partial charge on any atom is -0.349 e. The van der Waals surface area contributed by atoms with E-state index >= 15 is 0 Å². The number of hydrogen-bond acceptors (Lipinski definition) is 3. The van der Waals surface area contributed by atoms with Gasteiger partial charge in [0.2, 0.25) is 0 Å². The summed E-state index contributed by atoms with van der Waals surface area (Å²) in [6, 6.07) is 13.5. The fourth-order valence-corrected chi connectivity index (χ4v) is 4.65. The predicted molar refractivity (Wildman–Crippen MR) is 114 cm³/mol. The molecule has 1 amide bonds. The zero-order chi connectivity index (χ0) is 21.1. The molecule has 2 aromatic carbocycles. The molecule has 0 radical (unpaired) electrons. The van der Waals surface area contributed by atoms with Gasteiger partial charge in [0.1, 0.15) is 0 Å². The van der Waals surface area contributed by atoms with Gasteiger partial charge < -0.3 is 5.32 Å². The second kappa shape index (κ2) is 8.78. The van der Waals surface area contributed by atoms with Gasteiger partial charge in [-0.1, -0.05) is 45.9 Å². The zero-order valence-electron chi connectivity index (χ0n) is 17.4. The molecule has 0 heterocycles. The predicted octanol–water partition coefficient (Wildman–Crippen LogP) is 4.23. The highest BCUT2D eigenvalue weighted by Gasteiger charge is 2.24. The third-order valence-electron chi connectivity index (χ3n) is 4.93. The smallest absolute Gasteiger partial charge is 0.264 e. The van der Waals surface area contributed by atoms with E-state index in [2.05, 4.69) is 33.0 Å². The van der Waals surface area contributed by atoms with Gasteiger partial charge in [-0.05, 0) is 54.7 Å². The maximum absolute atomic E-state index is 12.8. The Bertz CT molecular complexity index is 914. The summed E-state index contributed by atoms with van der Waals surface area (Å²) in [5, 5.41) is 3.09. The molecule has 0 unspecified atom stereocenters. The van der Waals surface area contributed by atoms with Crippen molar-refractivity contribution in [3.63, 3.8) is 0 Å². The molecule has 0 bridgehead atoms. The lowest BCUT2D eigenvalue weighted by Gasteiger charge is -2.26. The molecule has 0 aliphatic rings. The molecule has 0 aliphatic heterocycles. The summed E-state index contributed by atoms with van der Waals surface area (Å²) in [5.74, 6) is 0.508. The lowest BCUT2D eigenvalue weighted by molar-refractivity contribution is 0.0910. The normalized spacial score (nSPS) is 11.9. The third-order valence-corrected chi connectivity index (χ3v) is 6.72. The fraction of sp³-hybridized carbons (Fsp3) is 0.409. The van der Waals surface area contributed by atoms with Gasteiger partial charge >= 0.3 is 0 Å². The standard InChI is InChI=1S/C22H30N2O3S/c1-15(2)21(16(3)4)23-22(25)18-12-13-20(17(5)14-18)24(6)28(26,27)19-10-8-7-9-11-19/h7-16,21H,1-6H3,(H,23,25). The molecule has 0 saturated heterocycles. The summed E-state index contributed by atoms with van der Waals surface area (Å²) in [5.41, 5.74) is 1.79. The minimum absolute atomic E-state index is 0.0774. The average Bonchev–Trinajstić information content (AvgIpc) is 2.65. The van der Waals surface area contributed by atoms with Crippen molar-refractivity contribution in [3.05, 3.63) is 59.7 Å². The van der Waals surface area contributed by atoms with Crippen molar-refractivity contribution < 1.29 is 13.2 Å². The number of nitrogens with one attached hydrogen (secondary N) is 1. The van der Waals surface area contributed by atoms with Gasteiger partial charge in [-0.15, -0.1) is 0 Å². The molecule has 2 aromatic rings. The third kappa shape index (κ3) is 4.73. The van der Waals surface area contributed by atoms with Crippen LogP contribution in [0.25, 0.3) is 0 Å². The van der Waals surface area contributed by atoms with Gasteiger partial charge in [0.05, 0.1) is 10.6 Å². The zero-order valence-corrected chi connectivity index (χ0v) is 18.2. The molecule has 1 N–H and O–H groups in total. The van der Waals surface area contributed by atoms with E-state index in [1.165, 1.54) is 11.4 Å². The highest BCUT2D eigenvalue weighted by Crippen LogP contribution is 2.26. The molecule has 0 aromatic heterocycles. The minimum atomic E-state index is -3.66. The number of nitrogens with zero attached hydrogens (tertiary/aromatic N) is 1. The Morgan fingerprint density at radius 2 is 1.54 bits per heavy atom. The van der Waals surface area contributed by atoms with Gasteiger partial charge in [0.15, 0.2) is 0 Å². The molecule has 0 spiro atoms. The van der Waals surface area contributed by atoms with Crippen molar-refractivity contribution in [1.29, 1.82) is 0 Å². The van der Waals surface area contributed by atoms with Gasteiger partial charge in [-0.2, -0.15) is 0 Å². The van der Waals surface area contributed by atoms with Gasteiger partial charge in [-0.3, -0.25) is 9.10 Å². The molecule has 0 aliphatic carbocycles. The monoisotopic (exact) mass is 402 g/mol. The summed E-state index contributed by atoms with van der Waals surface area (Å²) < 4.78 is 26.9. The van der Waals surface area contributed by atoms with Crippen LogP contribution < -0.4 is 9.62 Å². The number of sulfonamides is 1. The Kier molecular flexibility index (Phi) is 6.88. The van der Waals surface area contributed by atoms with Crippen LogP contribution in [-0.4, -0.2) is 27.4 Å². The van der Waals surface area contributed by atoms with Crippen LogP contribution >= 0.6 is 0 Å². The molecule has 152 valence electrons. The molecular formula is C22H30N2O3S. The Morgan fingerprint density at radius 3 is 2.04 bits per heavy atom. The second-order valence-corrected chi connectivity index (χ2v) is 9.74. The van der Waals surface area contributed by atoms with Crippen molar-refractivity contribution in [2.24, 2.45) is 11.8 Å². The molecule has 0 saturated carbocycles. The molecule has 5 nitrogen and oxygen atoms in total. The number of carbonyl (C=O) groups excluding carboxylic acids is 1. The first-order valence-corrected chi connectivity index (χ1v) is 10.9. The average molecular weight is 403 g/mol. The van der Waals surface area contributed by atoms with Crippen molar-refractivity contribution in [3.8, 4) is 0 Å². The van der Waals surface area contributed by atoms with Gasteiger partial charge in [0, 0.05) is 18.7 Å². The lowest BCUT2D eigenvalue weighted by Crippen LogP contribution is -2.42. The first kappa shape index (κ1) is 22.0. The van der Waals surface area contributed by atoms with Crippen molar-refractivity contribution in [2.45, 2.75) is 45.6 Å². The molecule has 0 atom stereocenters. The lowest BCUT2D eigenvalue weighted by atomic mass is 9.93. The number of carbonyl (C=O) groups is 1. The summed E-state index contributed by atoms with van der Waals surface area (Å²) in [4.78, 5) is 12.9. The maximum Gasteiger partial charge on any atom is 0.264 e. The Balaban J connectivity index is 2.28. The van der Waals surface area contributed by atoms with Crippen LogP contribution in [0.1, 0.15) is 43.6 Å². The summed E-state index contributed by atoms with van der Waals surface area (Å²) in [6.45, 7) is 10.2. The number of rotatable bonds is 7. The number of hydrogen-bond donors (Lipinski definition) is 1. The molecular weight excluding hydrogens is 372 g/mol. The van der Waals surface area contributed by atoms with Crippen LogP contribution in [0.2, 0.25) is 0 Å². The molecule has 28 heavy (non-hydrogen) atoms. The van der Waals surface area contributed by atoms with Crippen LogP contribution in [0.4, 0.5) is 5.69 Å². The second-order valence-electron chi connectivity index (χ2n) is 7.77. The van der Waals surface area contributed by atoms with Crippen LogP contribution in [0, 0.1) is 18.8 Å². The van der Waals surface area contributed by atoms with Crippen LogP contribution in [0.5, 0.6) is 0 Å². The van der Waals surface area contributed by atoms with E-state index in [1.54, 1.807) is 48.5 Å². The Labute approximate surface area is 168 Å². The fourth-order valence-electron chi connectivity index (χ4n) is 3.37. The van der Waals surface area contributed by atoms with E-state index < -0.39 is 10.0 Å². The Morgan fingerprint density at radius 1 is 0.964 bits per heavy atom. The summed E-state index contributed by atoms with van der Waals surface area (Å²) >= 11 is 0. The van der Waals surface area contributed by atoms with Crippen LogP contribution in [-0.2, 0) is 10.0 Å². The van der Waals surface area contributed by atoms with E-state index in [-0.39, 0.29) is 16.8 Å². The highest BCUT2D eigenvalue weighted by atomic mass is 32.2. The van der Waals surface area contributed by atoms with Gasteiger partial charge in [-0.25, -0.2) is 8.42 Å².